The van der Waals surface area contributed by atoms with Crippen molar-refractivity contribution < 1.29 is 4.74 Å². The van der Waals surface area contributed by atoms with Crippen LogP contribution < -0.4 is 5.32 Å². The van der Waals surface area contributed by atoms with Gasteiger partial charge in [0, 0.05) is 13.2 Å². The number of hydrogen-bond donors (Lipinski definition) is 1. The van der Waals surface area contributed by atoms with Crippen molar-refractivity contribution in [1.29, 1.82) is 0 Å². The van der Waals surface area contributed by atoms with Crippen LogP contribution >= 0.6 is 0 Å². The van der Waals surface area contributed by atoms with Crippen LogP contribution in [0.15, 0.2) is 0 Å². The normalized spacial score (nSPS) is 10.5. The number of ether oxygens (including phenoxy) is 1. The number of nitrogens with one attached hydrogen (secondary N) is 1. The molecule has 1 N–H and O–H groups in total. The monoisotopic (exact) mass is 173 g/mol. The van der Waals surface area contributed by atoms with Gasteiger partial charge in [0.2, 0.25) is 0 Å². The summed E-state index contributed by atoms with van der Waals surface area (Å²) in [6, 6.07) is 0. The van der Waals surface area contributed by atoms with Gasteiger partial charge in [0.05, 0.1) is 0 Å². The van der Waals surface area contributed by atoms with Crippen LogP contribution in [-0.2, 0) is 4.74 Å². The maximum atomic E-state index is 5.41. The van der Waals surface area contributed by atoms with Gasteiger partial charge < -0.3 is 10.1 Å². The maximum absolute atomic E-state index is 5.41. The largest absolute Gasteiger partial charge is 0.381 e. The molecule has 0 aliphatic carbocycles. The third-order valence-corrected chi connectivity index (χ3v) is 1.71. The van der Waals surface area contributed by atoms with E-state index >= 15 is 0 Å². The summed E-state index contributed by atoms with van der Waals surface area (Å²) in [5.41, 5.74) is 0. The Balaban J connectivity index is 2.73. The third-order valence-electron chi connectivity index (χ3n) is 1.71. The van der Waals surface area contributed by atoms with E-state index in [1.165, 1.54) is 19.3 Å². The van der Waals surface area contributed by atoms with Crippen LogP contribution in [-0.4, -0.2) is 26.3 Å². The SMILES string of the molecule is CCCCOCCCNCCC. The average Bonchev–Trinajstić information content (AvgIpc) is 2.10. The van der Waals surface area contributed by atoms with Crippen LogP contribution in [0, 0.1) is 0 Å². The molecule has 0 radical (unpaired) electrons. The third kappa shape index (κ3) is 9.92. The van der Waals surface area contributed by atoms with Crippen LogP contribution in [0.3, 0.4) is 0 Å². The first-order chi connectivity index (χ1) is 5.91. The van der Waals surface area contributed by atoms with Gasteiger partial charge in [0.25, 0.3) is 0 Å². The van der Waals surface area contributed by atoms with Crippen molar-refractivity contribution in [3.8, 4) is 0 Å². The van der Waals surface area contributed by atoms with Crippen LogP contribution in [0.25, 0.3) is 0 Å². The van der Waals surface area contributed by atoms with Crippen molar-refractivity contribution in [3.63, 3.8) is 0 Å². The molecular formula is C10H23NO. The molecule has 0 rings (SSSR count). The predicted octanol–water partition coefficient (Wildman–Crippen LogP) is 2.19. The molecule has 0 aromatic heterocycles. The van der Waals surface area contributed by atoms with E-state index in [1.54, 1.807) is 0 Å². The van der Waals surface area contributed by atoms with Crippen LogP contribution in [0.2, 0.25) is 0 Å². The van der Waals surface area contributed by atoms with E-state index in [2.05, 4.69) is 19.2 Å². The molecule has 0 amide bonds. The molecule has 0 aromatic carbocycles. The highest BCUT2D eigenvalue weighted by atomic mass is 16.5. The van der Waals surface area contributed by atoms with E-state index < -0.39 is 0 Å². The molecule has 0 saturated heterocycles. The minimum absolute atomic E-state index is 0.913. The topological polar surface area (TPSA) is 21.3 Å². The number of rotatable bonds is 9. The van der Waals surface area contributed by atoms with Gasteiger partial charge in [-0.3, -0.25) is 0 Å². The highest BCUT2D eigenvalue weighted by molar-refractivity contribution is 4.45. The first-order valence-corrected chi connectivity index (χ1v) is 5.20. The Morgan fingerprint density at radius 1 is 0.917 bits per heavy atom. The first-order valence-electron chi connectivity index (χ1n) is 5.20. The Bertz CT molecular complexity index is 66.2. The number of hydrogen-bond acceptors (Lipinski definition) is 2. The zero-order valence-corrected chi connectivity index (χ0v) is 8.57. The van der Waals surface area contributed by atoms with Crippen molar-refractivity contribution in [1.82, 2.24) is 5.32 Å². The Hall–Kier alpha value is -0.0800. The summed E-state index contributed by atoms with van der Waals surface area (Å²) in [6.07, 6.45) is 4.79. The van der Waals surface area contributed by atoms with Gasteiger partial charge in [-0.2, -0.15) is 0 Å². The molecule has 0 atom stereocenters. The van der Waals surface area contributed by atoms with E-state index in [0.717, 1.165) is 32.7 Å². The molecule has 0 saturated carbocycles. The standard InChI is InChI=1S/C10H23NO/c1-3-5-9-12-10-6-8-11-7-4-2/h11H,3-10H2,1-2H3. The van der Waals surface area contributed by atoms with Gasteiger partial charge in [-0.25, -0.2) is 0 Å². The van der Waals surface area contributed by atoms with E-state index in [4.69, 9.17) is 4.74 Å². The summed E-state index contributed by atoms with van der Waals surface area (Å²) in [5.74, 6) is 0. The molecule has 2 heteroatoms. The zero-order valence-electron chi connectivity index (χ0n) is 8.57. The molecule has 0 fully saturated rings. The minimum atomic E-state index is 0.913. The molecule has 0 heterocycles. The van der Waals surface area contributed by atoms with Gasteiger partial charge in [-0.1, -0.05) is 20.3 Å². The molecular weight excluding hydrogens is 150 g/mol. The molecule has 2 nitrogen and oxygen atoms in total. The molecule has 0 unspecified atom stereocenters. The molecule has 12 heavy (non-hydrogen) atoms. The average molecular weight is 173 g/mol. The lowest BCUT2D eigenvalue weighted by atomic mass is 10.3. The molecule has 0 aromatic rings. The Morgan fingerprint density at radius 2 is 1.67 bits per heavy atom. The quantitative estimate of drug-likeness (QED) is 0.540. The first kappa shape index (κ1) is 11.9. The van der Waals surface area contributed by atoms with Gasteiger partial charge >= 0.3 is 0 Å². The van der Waals surface area contributed by atoms with E-state index in [1.807, 2.05) is 0 Å². The smallest absolute Gasteiger partial charge is 0.0478 e. The summed E-state index contributed by atoms with van der Waals surface area (Å²) >= 11 is 0. The minimum Gasteiger partial charge on any atom is -0.381 e. The second-order valence-electron chi connectivity index (χ2n) is 3.07. The highest BCUT2D eigenvalue weighted by Gasteiger charge is 1.88. The van der Waals surface area contributed by atoms with Gasteiger partial charge in [-0.05, 0) is 32.4 Å². The highest BCUT2D eigenvalue weighted by Crippen LogP contribution is 1.88. The molecule has 0 bridgehead atoms. The van der Waals surface area contributed by atoms with Crippen LogP contribution in [0.1, 0.15) is 39.5 Å². The van der Waals surface area contributed by atoms with Crippen molar-refractivity contribution in [3.05, 3.63) is 0 Å². The van der Waals surface area contributed by atoms with Crippen molar-refractivity contribution in [2.45, 2.75) is 39.5 Å². The molecule has 0 aliphatic rings. The molecule has 74 valence electrons. The maximum Gasteiger partial charge on any atom is 0.0478 e. The second-order valence-corrected chi connectivity index (χ2v) is 3.07. The van der Waals surface area contributed by atoms with Crippen molar-refractivity contribution >= 4 is 0 Å². The van der Waals surface area contributed by atoms with Gasteiger partial charge in [0.1, 0.15) is 0 Å². The van der Waals surface area contributed by atoms with E-state index in [0.29, 0.717) is 0 Å². The summed E-state index contributed by atoms with van der Waals surface area (Å²) in [7, 11) is 0. The van der Waals surface area contributed by atoms with E-state index in [9.17, 15) is 0 Å². The Labute approximate surface area is 76.7 Å². The predicted molar refractivity (Wildman–Crippen MR) is 53.5 cm³/mol. The zero-order chi connectivity index (χ0) is 9.07. The van der Waals surface area contributed by atoms with Gasteiger partial charge in [0.15, 0.2) is 0 Å². The summed E-state index contributed by atoms with van der Waals surface area (Å²) in [6.45, 7) is 8.45. The van der Waals surface area contributed by atoms with Crippen molar-refractivity contribution in [2.24, 2.45) is 0 Å². The summed E-state index contributed by atoms with van der Waals surface area (Å²) in [4.78, 5) is 0. The fourth-order valence-corrected chi connectivity index (χ4v) is 0.949. The molecule has 0 spiro atoms. The second kappa shape index (κ2) is 10.9. The van der Waals surface area contributed by atoms with Crippen LogP contribution in [0.5, 0.6) is 0 Å². The lowest BCUT2D eigenvalue weighted by molar-refractivity contribution is 0.129. The fraction of sp³-hybridized carbons (Fsp3) is 1.00. The van der Waals surface area contributed by atoms with Gasteiger partial charge in [-0.15, -0.1) is 0 Å². The fourth-order valence-electron chi connectivity index (χ4n) is 0.949. The lowest BCUT2D eigenvalue weighted by Crippen LogP contribution is -2.17. The number of unbranched alkanes of at least 4 members (excludes halogenated alkanes) is 1. The summed E-state index contributed by atoms with van der Waals surface area (Å²) < 4.78 is 5.41. The Kier molecular flexibility index (Phi) is 10.8. The lowest BCUT2D eigenvalue weighted by Gasteiger charge is -2.03. The van der Waals surface area contributed by atoms with E-state index in [-0.39, 0.29) is 0 Å². The molecule has 0 aliphatic heterocycles. The van der Waals surface area contributed by atoms with Crippen LogP contribution in [0.4, 0.5) is 0 Å². The Morgan fingerprint density at radius 3 is 2.33 bits per heavy atom. The van der Waals surface area contributed by atoms with Crippen molar-refractivity contribution in [2.75, 3.05) is 26.3 Å². The summed E-state index contributed by atoms with van der Waals surface area (Å²) in [5, 5.41) is 3.35.